The van der Waals surface area contributed by atoms with Gasteiger partial charge in [-0.3, -0.25) is 4.72 Å². The molecular formula is C11H7BrClNO4S2. The maximum absolute atomic E-state index is 12.1. The molecule has 1 aromatic heterocycles. The molecule has 0 spiro atoms. The van der Waals surface area contributed by atoms with E-state index < -0.39 is 16.0 Å². The summed E-state index contributed by atoms with van der Waals surface area (Å²) < 4.78 is 27.2. The fraction of sp³-hybridized carbons (Fsp3) is 0. The van der Waals surface area contributed by atoms with Crippen molar-refractivity contribution in [2.24, 2.45) is 0 Å². The summed E-state index contributed by atoms with van der Waals surface area (Å²) in [5.74, 6) is -1.17. The molecule has 0 aliphatic carbocycles. The monoisotopic (exact) mass is 395 g/mol. The highest BCUT2D eigenvalue weighted by molar-refractivity contribution is 9.10. The van der Waals surface area contributed by atoms with Crippen molar-refractivity contribution in [3.05, 3.63) is 44.0 Å². The van der Waals surface area contributed by atoms with Crippen LogP contribution in [0.15, 0.2) is 39.0 Å². The number of hydrogen-bond donors (Lipinski definition) is 2. The second-order valence-corrected chi connectivity index (χ2v) is 7.60. The van der Waals surface area contributed by atoms with E-state index in [2.05, 4.69) is 20.7 Å². The molecule has 0 saturated heterocycles. The summed E-state index contributed by atoms with van der Waals surface area (Å²) in [5.41, 5.74) is 0.212. The lowest BCUT2D eigenvalue weighted by Crippen LogP contribution is -2.12. The molecule has 0 amide bonds. The Morgan fingerprint density at radius 3 is 2.65 bits per heavy atom. The fourth-order valence-corrected chi connectivity index (χ4v) is 4.12. The summed E-state index contributed by atoms with van der Waals surface area (Å²) in [6.07, 6.45) is 0. The number of carboxylic acids is 1. The first-order valence-corrected chi connectivity index (χ1v) is 8.62. The molecule has 5 nitrogen and oxygen atoms in total. The van der Waals surface area contributed by atoms with Crippen LogP contribution in [0.25, 0.3) is 0 Å². The largest absolute Gasteiger partial charge is 0.477 e. The van der Waals surface area contributed by atoms with Crippen molar-refractivity contribution in [3.63, 3.8) is 0 Å². The summed E-state index contributed by atoms with van der Waals surface area (Å²) >= 11 is 9.96. The van der Waals surface area contributed by atoms with Crippen LogP contribution in [-0.2, 0) is 10.0 Å². The molecular weight excluding hydrogens is 390 g/mol. The molecule has 0 aliphatic heterocycles. The quantitative estimate of drug-likeness (QED) is 0.826. The molecule has 0 atom stereocenters. The number of rotatable bonds is 4. The highest BCUT2D eigenvalue weighted by Crippen LogP contribution is 2.29. The Morgan fingerprint density at radius 1 is 1.35 bits per heavy atom. The topological polar surface area (TPSA) is 83.5 Å². The maximum Gasteiger partial charge on any atom is 0.345 e. The highest BCUT2D eigenvalue weighted by Gasteiger charge is 2.19. The van der Waals surface area contributed by atoms with Gasteiger partial charge in [-0.05, 0) is 24.3 Å². The normalized spacial score (nSPS) is 11.3. The van der Waals surface area contributed by atoms with E-state index in [0.717, 1.165) is 17.4 Å². The minimum absolute atomic E-state index is 0.0503. The summed E-state index contributed by atoms with van der Waals surface area (Å²) in [6, 6.07) is 5.83. The number of aromatic carboxylic acids is 1. The zero-order valence-electron chi connectivity index (χ0n) is 9.63. The first kappa shape index (κ1) is 15.3. The predicted molar refractivity (Wildman–Crippen MR) is 81.2 cm³/mol. The summed E-state index contributed by atoms with van der Waals surface area (Å²) in [4.78, 5) is 10.6. The number of thiophene rings is 1. The van der Waals surface area contributed by atoms with Crippen molar-refractivity contribution in [2.75, 3.05) is 4.72 Å². The van der Waals surface area contributed by atoms with Gasteiger partial charge >= 0.3 is 5.97 Å². The van der Waals surface area contributed by atoms with Crippen LogP contribution in [0.2, 0.25) is 5.02 Å². The molecule has 2 rings (SSSR count). The average molecular weight is 397 g/mol. The van der Waals surface area contributed by atoms with E-state index in [1.165, 1.54) is 11.4 Å². The van der Waals surface area contributed by atoms with Gasteiger partial charge in [0.25, 0.3) is 10.0 Å². The SMILES string of the molecule is O=C(O)c1cc(S(=O)(=O)Nc2cc(Br)ccc2Cl)cs1. The number of hydrogen-bond acceptors (Lipinski definition) is 4. The van der Waals surface area contributed by atoms with Crippen LogP contribution in [0.3, 0.4) is 0 Å². The van der Waals surface area contributed by atoms with Gasteiger partial charge in [-0.25, -0.2) is 13.2 Å². The molecule has 106 valence electrons. The minimum Gasteiger partial charge on any atom is -0.477 e. The first-order chi connectivity index (χ1) is 9.29. The van der Waals surface area contributed by atoms with Gasteiger partial charge in [0.15, 0.2) is 0 Å². The zero-order valence-corrected chi connectivity index (χ0v) is 13.6. The van der Waals surface area contributed by atoms with Crippen molar-refractivity contribution in [2.45, 2.75) is 4.90 Å². The van der Waals surface area contributed by atoms with Crippen molar-refractivity contribution < 1.29 is 18.3 Å². The van der Waals surface area contributed by atoms with Crippen molar-refractivity contribution in [1.29, 1.82) is 0 Å². The number of halogens is 2. The molecule has 0 radical (unpaired) electrons. The third-order valence-corrected chi connectivity index (χ3v) is 5.50. The van der Waals surface area contributed by atoms with Crippen LogP contribution >= 0.6 is 38.9 Å². The molecule has 0 saturated carbocycles. The van der Waals surface area contributed by atoms with E-state index in [0.29, 0.717) is 4.47 Å². The standard InChI is InChI=1S/C11H7BrClNO4S2/c12-6-1-2-8(13)9(3-6)14-20(17,18)7-4-10(11(15)16)19-5-7/h1-5,14H,(H,15,16). The van der Waals surface area contributed by atoms with Crippen molar-refractivity contribution in [3.8, 4) is 0 Å². The van der Waals surface area contributed by atoms with E-state index in [-0.39, 0.29) is 20.5 Å². The van der Waals surface area contributed by atoms with Crippen LogP contribution in [-0.4, -0.2) is 19.5 Å². The van der Waals surface area contributed by atoms with Gasteiger partial charge in [0.2, 0.25) is 0 Å². The molecule has 0 unspecified atom stereocenters. The van der Waals surface area contributed by atoms with Crippen LogP contribution < -0.4 is 4.72 Å². The second-order valence-electron chi connectivity index (χ2n) is 3.68. The minimum atomic E-state index is -3.87. The number of carboxylic acid groups (broad SMARTS) is 1. The van der Waals surface area contributed by atoms with Crippen LogP contribution in [0.1, 0.15) is 9.67 Å². The molecule has 0 bridgehead atoms. The number of benzene rings is 1. The molecule has 2 aromatic rings. The van der Waals surface area contributed by atoms with Crippen LogP contribution in [0.4, 0.5) is 5.69 Å². The van der Waals surface area contributed by atoms with Gasteiger partial charge in [0.05, 0.1) is 15.6 Å². The van der Waals surface area contributed by atoms with Crippen LogP contribution in [0.5, 0.6) is 0 Å². The lowest BCUT2D eigenvalue weighted by atomic mass is 10.3. The van der Waals surface area contributed by atoms with Gasteiger partial charge in [-0.15, -0.1) is 11.3 Å². The van der Waals surface area contributed by atoms with Gasteiger partial charge in [0, 0.05) is 9.85 Å². The average Bonchev–Trinajstić information content (AvgIpc) is 2.84. The number of sulfonamides is 1. The second kappa shape index (κ2) is 5.72. The third-order valence-electron chi connectivity index (χ3n) is 2.27. The molecule has 20 heavy (non-hydrogen) atoms. The third kappa shape index (κ3) is 3.32. The maximum atomic E-state index is 12.1. The zero-order chi connectivity index (χ0) is 14.9. The Balaban J connectivity index is 2.35. The molecule has 1 aromatic carbocycles. The number of nitrogens with one attached hydrogen (secondary N) is 1. The van der Waals surface area contributed by atoms with Crippen LogP contribution in [0, 0.1) is 0 Å². The Morgan fingerprint density at radius 2 is 2.05 bits per heavy atom. The van der Waals surface area contributed by atoms with Gasteiger partial charge in [-0.2, -0.15) is 0 Å². The lowest BCUT2D eigenvalue weighted by molar-refractivity contribution is 0.0702. The summed E-state index contributed by atoms with van der Waals surface area (Å²) in [6.45, 7) is 0. The van der Waals surface area contributed by atoms with Crippen molar-refractivity contribution >= 4 is 60.5 Å². The smallest absolute Gasteiger partial charge is 0.345 e. The lowest BCUT2D eigenvalue weighted by Gasteiger charge is -2.08. The van der Waals surface area contributed by atoms with E-state index in [9.17, 15) is 13.2 Å². The Bertz CT molecular complexity index is 772. The van der Waals surface area contributed by atoms with E-state index in [1.807, 2.05) is 0 Å². The Kier molecular flexibility index (Phi) is 4.38. The predicted octanol–water partition coefficient (Wildman–Crippen LogP) is 3.66. The number of carbonyl (C=O) groups is 1. The van der Waals surface area contributed by atoms with Gasteiger partial charge in [0.1, 0.15) is 4.88 Å². The van der Waals surface area contributed by atoms with Gasteiger partial charge in [-0.1, -0.05) is 27.5 Å². The van der Waals surface area contributed by atoms with E-state index >= 15 is 0 Å². The highest BCUT2D eigenvalue weighted by atomic mass is 79.9. The van der Waals surface area contributed by atoms with Crippen molar-refractivity contribution in [1.82, 2.24) is 0 Å². The summed E-state index contributed by atoms with van der Waals surface area (Å²) in [7, 11) is -3.87. The molecule has 9 heteroatoms. The Labute approximate surface area is 132 Å². The number of anilines is 1. The fourth-order valence-electron chi connectivity index (χ4n) is 1.35. The molecule has 0 fully saturated rings. The van der Waals surface area contributed by atoms with E-state index in [4.69, 9.17) is 16.7 Å². The summed E-state index contributed by atoms with van der Waals surface area (Å²) in [5, 5.41) is 10.3. The molecule has 1 heterocycles. The molecule has 0 aliphatic rings. The Hall–Kier alpha value is -1.09. The van der Waals surface area contributed by atoms with E-state index in [1.54, 1.807) is 12.1 Å². The first-order valence-electron chi connectivity index (χ1n) is 5.09. The van der Waals surface area contributed by atoms with Gasteiger partial charge < -0.3 is 5.11 Å². The molecule has 2 N–H and O–H groups in total.